The molecular weight excluding hydrogens is 330 g/mol. The first-order chi connectivity index (χ1) is 12.4. The van der Waals surface area contributed by atoms with Crippen LogP contribution in [0.2, 0.25) is 0 Å². The monoisotopic (exact) mass is 358 g/mol. The zero-order valence-corrected chi connectivity index (χ0v) is 15.7. The topological polar surface area (TPSA) is 83.1 Å². The number of rotatable bonds is 4. The molecule has 3 amide bonds. The Morgan fingerprint density at radius 1 is 1.15 bits per heavy atom. The van der Waals surface area contributed by atoms with Crippen LogP contribution in [0.25, 0.3) is 0 Å². The lowest BCUT2D eigenvalue weighted by Crippen LogP contribution is -2.97. The number of anilines is 2. The average Bonchev–Trinajstić information content (AvgIpc) is 2.86. The van der Waals surface area contributed by atoms with E-state index in [0.29, 0.717) is 29.3 Å². The van der Waals surface area contributed by atoms with Crippen LogP contribution in [0.1, 0.15) is 46.5 Å². The Morgan fingerprint density at radius 3 is 2.50 bits per heavy atom. The van der Waals surface area contributed by atoms with Gasteiger partial charge in [-0.2, -0.15) is 0 Å². The third kappa shape index (κ3) is 3.80. The fourth-order valence-corrected chi connectivity index (χ4v) is 4.17. The number of amides is 3. The second-order valence-corrected chi connectivity index (χ2v) is 7.73. The summed E-state index contributed by atoms with van der Waals surface area (Å²) in [7, 11) is 0. The zero-order chi connectivity index (χ0) is 18.8. The van der Waals surface area contributed by atoms with Gasteiger partial charge >= 0.3 is 0 Å². The Bertz CT molecular complexity index is 701. The van der Waals surface area contributed by atoms with E-state index in [1.807, 2.05) is 0 Å². The van der Waals surface area contributed by atoms with E-state index >= 15 is 0 Å². The fourth-order valence-electron chi connectivity index (χ4n) is 4.17. The Balaban J connectivity index is 1.69. The van der Waals surface area contributed by atoms with Crippen molar-refractivity contribution >= 4 is 29.1 Å². The Hall–Kier alpha value is -2.21. The van der Waals surface area contributed by atoms with Crippen LogP contribution in [-0.4, -0.2) is 29.8 Å². The van der Waals surface area contributed by atoms with Gasteiger partial charge in [0.25, 0.3) is 5.91 Å². The van der Waals surface area contributed by atoms with E-state index in [-0.39, 0.29) is 30.2 Å². The van der Waals surface area contributed by atoms with Crippen LogP contribution in [0, 0.1) is 11.8 Å². The Morgan fingerprint density at radius 2 is 1.85 bits per heavy atom. The highest BCUT2D eigenvalue weighted by Crippen LogP contribution is 2.29. The molecule has 140 valence electrons. The second kappa shape index (κ2) is 7.58. The summed E-state index contributed by atoms with van der Waals surface area (Å²) in [6, 6.07) is 6.90. The summed E-state index contributed by atoms with van der Waals surface area (Å²) >= 11 is 0. The lowest BCUT2D eigenvalue weighted by molar-refractivity contribution is -0.716. The Labute approximate surface area is 154 Å². The highest BCUT2D eigenvalue weighted by atomic mass is 16.2. The summed E-state index contributed by atoms with van der Waals surface area (Å²) in [6.07, 6.45) is 3.80. The van der Waals surface area contributed by atoms with Crippen molar-refractivity contribution in [2.45, 2.75) is 58.5 Å². The van der Waals surface area contributed by atoms with Crippen LogP contribution in [0.15, 0.2) is 24.3 Å². The molecule has 1 aromatic carbocycles. The fraction of sp³-hybridized carbons (Fsp3) is 0.550. The number of quaternary nitrogens is 1. The molecule has 0 aromatic heterocycles. The maximum absolute atomic E-state index is 12.8. The van der Waals surface area contributed by atoms with E-state index in [4.69, 9.17) is 0 Å². The summed E-state index contributed by atoms with van der Waals surface area (Å²) < 4.78 is 0. The van der Waals surface area contributed by atoms with E-state index in [1.54, 1.807) is 24.3 Å². The van der Waals surface area contributed by atoms with Crippen molar-refractivity contribution in [2.75, 3.05) is 10.2 Å². The number of hydrogen-bond acceptors (Lipinski definition) is 3. The number of hydrogen-bond donors (Lipinski definition) is 2. The molecule has 0 unspecified atom stereocenters. The molecule has 1 aliphatic heterocycles. The molecule has 1 aromatic rings. The van der Waals surface area contributed by atoms with Crippen molar-refractivity contribution in [3.63, 3.8) is 0 Å². The maximum atomic E-state index is 12.8. The van der Waals surface area contributed by atoms with E-state index in [0.717, 1.165) is 6.42 Å². The molecule has 1 saturated carbocycles. The molecule has 1 heterocycles. The van der Waals surface area contributed by atoms with E-state index in [1.165, 1.54) is 24.7 Å². The van der Waals surface area contributed by atoms with Gasteiger partial charge in [-0.05, 0) is 49.4 Å². The van der Waals surface area contributed by atoms with Crippen molar-refractivity contribution < 1.29 is 19.7 Å². The molecule has 2 aliphatic rings. The van der Waals surface area contributed by atoms with Crippen molar-refractivity contribution in [1.82, 2.24) is 0 Å². The first-order valence-corrected chi connectivity index (χ1v) is 9.46. The summed E-state index contributed by atoms with van der Waals surface area (Å²) in [5.74, 6) is 0.775. The maximum Gasteiger partial charge on any atom is 0.292 e. The summed E-state index contributed by atoms with van der Waals surface area (Å²) in [5, 5.41) is 4.81. The normalized spacial score (nSPS) is 29.1. The third-order valence-corrected chi connectivity index (χ3v) is 5.88. The van der Waals surface area contributed by atoms with Gasteiger partial charge in [0.15, 0.2) is 6.04 Å². The molecule has 3 N–H and O–H groups in total. The van der Waals surface area contributed by atoms with Crippen molar-refractivity contribution in [2.24, 2.45) is 11.8 Å². The number of benzene rings is 1. The van der Waals surface area contributed by atoms with Gasteiger partial charge in [0, 0.05) is 18.5 Å². The average molecular weight is 358 g/mol. The number of imide groups is 1. The van der Waals surface area contributed by atoms with Gasteiger partial charge in [0.2, 0.25) is 11.8 Å². The molecule has 6 heteroatoms. The lowest BCUT2D eigenvalue weighted by atomic mass is 9.78. The summed E-state index contributed by atoms with van der Waals surface area (Å²) in [6.45, 7) is 5.97. The van der Waals surface area contributed by atoms with Gasteiger partial charge in [-0.15, -0.1) is 0 Å². The van der Waals surface area contributed by atoms with E-state index in [9.17, 15) is 14.4 Å². The molecule has 2 fully saturated rings. The van der Waals surface area contributed by atoms with E-state index < -0.39 is 0 Å². The molecule has 3 rings (SSSR count). The minimum atomic E-state index is -0.324. The highest BCUT2D eigenvalue weighted by Gasteiger charge is 2.44. The first kappa shape index (κ1) is 18.6. The van der Waals surface area contributed by atoms with Crippen LogP contribution in [0.5, 0.6) is 0 Å². The van der Waals surface area contributed by atoms with Crippen LogP contribution in [0.3, 0.4) is 0 Å². The molecular formula is C20H28N3O3+. The minimum Gasteiger partial charge on any atom is -0.333 e. The third-order valence-electron chi connectivity index (χ3n) is 5.88. The number of carbonyl (C=O) groups excluding carboxylic acids is 3. The Kier molecular flexibility index (Phi) is 5.41. The van der Waals surface area contributed by atoms with Crippen LogP contribution in [-0.2, 0) is 14.4 Å². The van der Waals surface area contributed by atoms with Gasteiger partial charge in [-0.1, -0.05) is 13.8 Å². The quantitative estimate of drug-likeness (QED) is 0.803. The van der Waals surface area contributed by atoms with Crippen molar-refractivity contribution in [3.8, 4) is 0 Å². The SMILES string of the molecule is CC(=O)Nc1ccc(N2C(=O)C[C@@H]([NH2+][C@@H]3CCC[C@H](C)[C@H]3C)C2=O)cc1. The number of nitrogens with one attached hydrogen (secondary N) is 1. The van der Waals surface area contributed by atoms with Crippen LogP contribution >= 0.6 is 0 Å². The van der Waals surface area contributed by atoms with E-state index in [2.05, 4.69) is 24.5 Å². The van der Waals surface area contributed by atoms with Gasteiger partial charge in [0.05, 0.1) is 18.2 Å². The van der Waals surface area contributed by atoms with Gasteiger partial charge in [0.1, 0.15) is 0 Å². The molecule has 0 radical (unpaired) electrons. The second-order valence-electron chi connectivity index (χ2n) is 7.73. The minimum absolute atomic E-state index is 0.132. The predicted octanol–water partition coefficient (Wildman–Crippen LogP) is 1.66. The molecule has 6 nitrogen and oxygen atoms in total. The number of carbonyl (C=O) groups is 3. The van der Waals surface area contributed by atoms with Gasteiger partial charge in [-0.25, -0.2) is 4.90 Å². The first-order valence-electron chi connectivity index (χ1n) is 9.46. The van der Waals surface area contributed by atoms with Crippen molar-refractivity contribution in [1.29, 1.82) is 0 Å². The largest absolute Gasteiger partial charge is 0.333 e. The van der Waals surface area contributed by atoms with Crippen molar-refractivity contribution in [3.05, 3.63) is 24.3 Å². The highest BCUT2D eigenvalue weighted by molar-refractivity contribution is 6.21. The lowest BCUT2D eigenvalue weighted by Gasteiger charge is -2.33. The molecule has 1 aliphatic carbocycles. The smallest absolute Gasteiger partial charge is 0.292 e. The van der Waals surface area contributed by atoms with Gasteiger partial charge in [-0.3, -0.25) is 14.4 Å². The molecule has 26 heavy (non-hydrogen) atoms. The van der Waals surface area contributed by atoms with Crippen LogP contribution in [0.4, 0.5) is 11.4 Å². The predicted molar refractivity (Wildman–Crippen MR) is 99.5 cm³/mol. The zero-order valence-electron chi connectivity index (χ0n) is 15.7. The standard InChI is InChI=1S/C20H27N3O3/c1-12-5-4-6-17(13(12)2)22-18-11-19(25)23(20(18)26)16-9-7-15(8-10-16)21-14(3)24/h7-10,12-13,17-18,22H,4-6,11H2,1-3H3,(H,21,24)/p+1/t12-,13+,17+,18+/m0/s1. The van der Waals surface area contributed by atoms with Crippen LogP contribution < -0.4 is 15.5 Å². The molecule has 0 bridgehead atoms. The van der Waals surface area contributed by atoms with Gasteiger partial charge < -0.3 is 10.6 Å². The summed E-state index contributed by atoms with van der Waals surface area (Å²) in [4.78, 5) is 37.7. The number of nitrogens with zero attached hydrogens (tertiary/aromatic N) is 1. The molecule has 0 spiro atoms. The summed E-state index contributed by atoms with van der Waals surface area (Å²) in [5.41, 5.74) is 1.21. The molecule has 4 atom stereocenters. The number of nitrogens with two attached hydrogens (primary N) is 1. The molecule has 1 saturated heterocycles.